The summed E-state index contributed by atoms with van der Waals surface area (Å²) in [4.78, 5) is 24.9. The Labute approximate surface area is 131 Å². The minimum absolute atomic E-state index is 0.0560. The van der Waals surface area contributed by atoms with Crippen molar-refractivity contribution < 1.29 is 28.2 Å². The summed E-state index contributed by atoms with van der Waals surface area (Å²) < 4.78 is 31.5. The summed E-state index contributed by atoms with van der Waals surface area (Å²) in [5.74, 6) is -1.46. The number of rotatable bonds is 4. The van der Waals surface area contributed by atoms with Gasteiger partial charge in [-0.1, -0.05) is 0 Å². The second-order valence-electron chi connectivity index (χ2n) is 5.62. The number of carbonyl (C=O) groups excluding carboxylic acids is 1. The van der Waals surface area contributed by atoms with Crippen molar-refractivity contribution in [3.8, 4) is 0 Å². The van der Waals surface area contributed by atoms with Gasteiger partial charge in [0.25, 0.3) is 0 Å². The Morgan fingerprint density at radius 2 is 2.04 bits per heavy atom. The molecule has 1 N–H and O–H groups in total. The lowest BCUT2D eigenvalue weighted by atomic mass is 10.1. The molecule has 1 aromatic heterocycles. The molecule has 0 radical (unpaired) electrons. The molecule has 0 bridgehead atoms. The summed E-state index contributed by atoms with van der Waals surface area (Å²) in [6.45, 7) is 2.18. The second kappa shape index (κ2) is 6.61. The monoisotopic (exact) mass is 331 g/mol. The van der Waals surface area contributed by atoms with Gasteiger partial charge in [-0.3, -0.25) is 4.79 Å². The molecule has 1 unspecified atom stereocenters. The van der Waals surface area contributed by atoms with Gasteiger partial charge in [-0.15, -0.1) is 0 Å². The highest BCUT2D eigenvalue weighted by Crippen LogP contribution is 2.21. The fourth-order valence-corrected chi connectivity index (χ4v) is 2.70. The van der Waals surface area contributed by atoms with Gasteiger partial charge in [-0.2, -0.15) is 13.9 Å². The van der Waals surface area contributed by atoms with E-state index in [1.165, 1.54) is 11.8 Å². The second-order valence-corrected chi connectivity index (χ2v) is 5.62. The maximum Gasteiger partial charge on any atom is 0.334 e. The van der Waals surface area contributed by atoms with Gasteiger partial charge in [0.1, 0.15) is 0 Å². The van der Waals surface area contributed by atoms with Crippen LogP contribution in [0.2, 0.25) is 0 Å². The molecule has 9 heteroatoms. The number of halogens is 2. The van der Waals surface area contributed by atoms with E-state index in [-0.39, 0.29) is 31.1 Å². The van der Waals surface area contributed by atoms with Crippen LogP contribution in [0.25, 0.3) is 0 Å². The molecule has 128 valence electrons. The Kier molecular flexibility index (Phi) is 4.98. The summed E-state index contributed by atoms with van der Waals surface area (Å²) in [6, 6.07) is 0. The van der Waals surface area contributed by atoms with Crippen LogP contribution in [-0.2, 0) is 20.7 Å². The molecule has 2 heterocycles. The molecule has 0 spiro atoms. The first-order valence-electron chi connectivity index (χ1n) is 7.19. The van der Waals surface area contributed by atoms with Crippen molar-refractivity contribution in [3.05, 3.63) is 17.0 Å². The number of ether oxygens (including phenoxy) is 1. The Balaban J connectivity index is 2.14. The van der Waals surface area contributed by atoms with Crippen molar-refractivity contribution >= 4 is 11.9 Å². The van der Waals surface area contributed by atoms with Crippen LogP contribution < -0.4 is 0 Å². The number of aliphatic carboxylic acids is 1. The number of aromatic nitrogens is 2. The van der Waals surface area contributed by atoms with E-state index in [0.717, 1.165) is 0 Å². The molecule has 0 aromatic carbocycles. The number of carbonyl (C=O) groups is 2. The van der Waals surface area contributed by atoms with Crippen molar-refractivity contribution in [2.45, 2.75) is 45.9 Å². The summed E-state index contributed by atoms with van der Waals surface area (Å²) >= 11 is 0. The normalized spacial score (nSPS) is 21.7. The molecular formula is C14H19F2N3O4. The van der Waals surface area contributed by atoms with Gasteiger partial charge in [-0.25, -0.2) is 9.48 Å². The van der Waals surface area contributed by atoms with E-state index in [1.807, 2.05) is 0 Å². The lowest BCUT2D eigenvalue weighted by molar-refractivity contribution is -0.166. The molecule has 1 aliphatic heterocycles. The van der Waals surface area contributed by atoms with Crippen LogP contribution in [0, 0.1) is 13.8 Å². The Morgan fingerprint density at radius 1 is 1.39 bits per heavy atom. The zero-order valence-corrected chi connectivity index (χ0v) is 13.1. The van der Waals surface area contributed by atoms with Crippen molar-refractivity contribution in [3.63, 3.8) is 0 Å². The highest BCUT2D eigenvalue weighted by Gasteiger charge is 2.33. The van der Waals surface area contributed by atoms with E-state index in [0.29, 0.717) is 15.9 Å². The van der Waals surface area contributed by atoms with Gasteiger partial charge in [-0.05, 0) is 20.8 Å². The van der Waals surface area contributed by atoms with Gasteiger partial charge in [0.05, 0.1) is 24.8 Å². The third-order valence-corrected chi connectivity index (χ3v) is 3.88. The molecule has 1 aliphatic rings. The summed E-state index contributed by atoms with van der Waals surface area (Å²) in [6.07, 6.45) is -1.57. The van der Waals surface area contributed by atoms with Crippen LogP contribution in [0.3, 0.4) is 0 Å². The molecule has 0 saturated carbocycles. The number of morpholine rings is 1. The fourth-order valence-electron chi connectivity index (χ4n) is 2.70. The molecular weight excluding hydrogens is 312 g/mol. The molecule has 0 aliphatic carbocycles. The number of aryl methyl sites for hydroxylation is 1. The standard InChI is InChI=1S/C14H19F2N3O4/c1-7-5-18(6-11(23-7)13(21)22)12(20)4-10-8(2)17-19(9(10)3)14(15)16/h7,11,14H,4-6H2,1-3H3,(H,21,22)/t7-,11?/m1/s1. The van der Waals surface area contributed by atoms with Gasteiger partial charge in [0.15, 0.2) is 6.10 Å². The van der Waals surface area contributed by atoms with Gasteiger partial charge in [0.2, 0.25) is 5.91 Å². The number of carboxylic acids is 1. The summed E-state index contributed by atoms with van der Waals surface area (Å²) in [5, 5.41) is 12.8. The molecule has 1 amide bonds. The SMILES string of the molecule is Cc1nn(C(F)F)c(C)c1CC(=O)N1CC(C(=O)O)O[C@H](C)C1. The lowest BCUT2D eigenvalue weighted by Gasteiger charge is -2.35. The number of nitrogens with zero attached hydrogens (tertiary/aromatic N) is 3. The van der Waals surface area contributed by atoms with Crippen molar-refractivity contribution in [2.24, 2.45) is 0 Å². The summed E-state index contributed by atoms with van der Waals surface area (Å²) in [7, 11) is 0. The highest BCUT2D eigenvalue weighted by atomic mass is 19.3. The third-order valence-electron chi connectivity index (χ3n) is 3.88. The minimum Gasteiger partial charge on any atom is -0.479 e. The first-order valence-corrected chi connectivity index (χ1v) is 7.19. The average molecular weight is 331 g/mol. The van der Waals surface area contributed by atoms with Gasteiger partial charge >= 0.3 is 12.5 Å². The van der Waals surface area contributed by atoms with E-state index < -0.39 is 24.7 Å². The van der Waals surface area contributed by atoms with Crippen molar-refractivity contribution in [2.75, 3.05) is 13.1 Å². The molecule has 1 saturated heterocycles. The number of hydrogen-bond acceptors (Lipinski definition) is 4. The van der Waals surface area contributed by atoms with E-state index in [1.54, 1.807) is 13.8 Å². The number of alkyl halides is 2. The third kappa shape index (κ3) is 3.66. The number of amides is 1. The molecule has 2 rings (SSSR count). The molecule has 1 fully saturated rings. The van der Waals surface area contributed by atoms with Crippen LogP contribution in [0.15, 0.2) is 0 Å². The topological polar surface area (TPSA) is 84.7 Å². The number of hydrogen-bond donors (Lipinski definition) is 1. The van der Waals surface area contributed by atoms with E-state index in [2.05, 4.69) is 5.10 Å². The zero-order valence-electron chi connectivity index (χ0n) is 13.1. The van der Waals surface area contributed by atoms with E-state index >= 15 is 0 Å². The first kappa shape index (κ1) is 17.3. The van der Waals surface area contributed by atoms with Crippen LogP contribution in [0.1, 0.15) is 30.4 Å². The van der Waals surface area contributed by atoms with Gasteiger partial charge < -0.3 is 14.7 Å². The Hall–Kier alpha value is -2.03. The highest BCUT2D eigenvalue weighted by molar-refractivity contribution is 5.81. The Morgan fingerprint density at radius 3 is 2.57 bits per heavy atom. The predicted octanol–water partition coefficient (Wildman–Crippen LogP) is 1.14. The molecule has 23 heavy (non-hydrogen) atoms. The molecule has 1 aromatic rings. The zero-order chi connectivity index (χ0) is 17.3. The quantitative estimate of drug-likeness (QED) is 0.894. The van der Waals surface area contributed by atoms with Crippen LogP contribution in [0.5, 0.6) is 0 Å². The largest absolute Gasteiger partial charge is 0.479 e. The summed E-state index contributed by atoms with van der Waals surface area (Å²) in [5.41, 5.74) is 1.05. The maximum absolute atomic E-state index is 12.8. The predicted molar refractivity (Wildman–Crippen MR) is 75.2 cm³/mol. The van der Waals surface area contributed by atoms with E-state index in [4.69, 9.17) is 9.84 Å². The number of carboxylic acid groups (broad SMARTS) is 1. The Bertz CT molecular complexity index is 617. The fraction of sp³-hybridized carbons (Fsp3) is 0.643. The lowest BCUT2D eigenvalue weighted by Crippen LogP contribution is -2.52. The maximum atomic E-state index is 12.8. The minimum atomic E-state index is -2.77. The van der Waals surface area contributed by atoms with E-state index in [9.17, 15) is 18.4 Å². The van der Waals surface area contributed by atoms with Crippen molar-refractivity contribution in [1.29, 1.82) is 0 Å². The smallest absolute Gasteiger partial charge is 0.334 e. The molecule has 2 atom stereocenters. The van der Waals surface area contributed by atoms with Crippen LogP contribution >= 0.6 is 0 Å². The van der Waals surface area contributed by atoms with Gasteiger partial charge in [0, 0.05) is 17.8 Å². The first-order chi connectivity index (χ1) is 10.7. The van der Waals surface area contributed by atoms with Crippen LogP contribution in [0.4, 0.5) is 8.78 Å². The molecule has 7 nitrogen and oxygen atoms in total. The van der Waals surface area contributed by atoms with Crippen molar-refractivity contribution in [1.82, 2.24) is 14.7 Å². The van der Waals surface area contributed by atoms with Crippen LogP contribution in [-0.4, -0.2) is 57.0 Å². The average Bonchev–Trinajstić information content (AvgIpc) is 2.74.